The minimum Gasteiger partial charge on any atom is -0.322 e. The van der Waals surface area contributed by atoms with Crippen molar-refractivity contribution in [3.8, 4) is 6.07 Å². The first kappa shape index (κ1) is 17.9. The predicted octanol–water partition coefficient (Wildman–Crippen LogP) is 5.29. The van der Waals surface area contributed by atoms with Gasteiger partial charge in [-0.1, -0.05) is 37.3 Å². The Bertz CT molecular complexity index is 1130. The molecule has 2 heterocycles. The Morgan fingerprint density at radius 2 is 2.00 bits per heavy atom. The SMILES string of the molecule is Cc1cc2ccc(C(C)(C#N)CC3Sc4ccccc4C3C)cc2[nH]c1=O. The maximum Gasteiger partial charge on any atom is 0.251 e. The van der Waals surface area contributed by atoms with Crippen molar-refractivity contribution in [1.29, 1.82) is 5.26 Å². The summed E-state index contributed by atoms with van der Waals surface area (Å²) in [6, 6.07) is 19.0. The molecule has 2 aromatic carbocycles. The molecule has 0 radical (unpaired) electrons. The minimum absolute atomic E-state index is 0.0752. The van der Waals surface area contributed by atoms with E-state index in [1.165, 1.54) is 10.5 Å². The predicted molar refractivity (Wildman–Crippen MR) is 111 cm³/mol. The quantitative estimate of drug-likeness (QED) is 0.678. The molecule has 0 saturated heterocycles. The summed E-state index contributed by atoms with van der Waals surface area (Å²) in [4.78, 5) is 16.3. The van der Waals surface area contributed by atoms with E-state index in [2.05, 4.69) is 42.2 Å². The molecule has 27 heavy (non-hydrogen) atoms. The molecule has 0 spiro atoms. The summed E-state index contributed by atoms with van der Waals surface area (Å²) in [5.74, 6) is 0.418. The van der Waals surface area contributed by atoms with E-state index in [0.29, 0.717) is 16.7 Å². The molecule has 1 N–H and O–H groups in total. The number of aromatic nitrogens is 1. The van der Waals surface area contributed by atoms with Gasteiger partial charge in [0.15, 0.2) is 0 Å². The summed E-state index contributed by atoms with van der Waals surface area (Å²) >= 11 is 1.88. The van der Waals surface area contributed by atoms with Crippen molar-refractivity contribution in [2.75, 3.05) is 0 Å². The molecule has 1 aliphatic heterocycles. The second kappa shape index (κ2) is 6.58. The first-order valence-corrected chi connectivity index (χ1v) is 10.1. The first-order valence-electron chi connectivity index (χ1n) is 9.22. The van der Waals surface area contributed by atoms with E-state index in [4.69, 9.17) is 0 Å². The van der Waals surface area contributed by atoms with Crippen LogP contribution in [0.3, 0.4) is 0 Å². The summed E-state index contributed by atoms with van der Waals surface area (Å²) in [7, 11) is 0. The zero-order chi connectivity index (χ0) is 19.2. The van der Waals surface area contributed by atoms with Gasteiger partial charge in [-0.2, -0.15) is 5.26 Å². The van der Waals surface area contributed by atoms with E-state index < -0.39 is 5.41 Å². The van der Waals surface area contributed by atoms with Gasteiger partial charge in [0.05, 0.1) is 11.5 Å². The highest BCUT2D eigenvalue weighted by atomic mass is 32.2. The van der Waals surface area contributed by atoms with Crippen molar-refractivity contribution in [2.45, 2.75) is 48.7 Å². The number of hydrogen-bond donors (Lipinski definition) is 1. The molecule has 4 rings (SSSR count). The Kier molecular flexibility index (Phi) is 4.36. The van der Waals surface area contributed by atoms with Gasteiger partial charge in [0.2, 0.25) is 0 Å². The Balaban J connectivity index is 1.69. The van der Waals surface area contributed by atoms with Crippen LogP contribution < -0.4 is 5.56 Å². The van der Waals surface area contributed by atoms with Crippen molar-refractivity contribution in [2.24, 2.45) is 0 Å². The Labute approximate surface area is 163 Å². The molecular weight excluding hydrogens is 352 g/mol. The van der Waals surface area contributed by atoms with Crippen LogP contribution in [0.1, 0.15) is 42.9 Å². The average Bonchev–Trinajstić information content (AvgIpc) is 2.98. The second-order valence-corrected chi connectivity index (χ2v) is 9.00. The zero-order valence-corrected chi connectivity index (χ0v) is 16.6. The third-order valence-corrected chi connectivity index (χ3v) is 7.27. The fourth-order valence-electron chi connectivity index (χ4n) is 3.93. The molecule has 136 valence electrons. The van der Waals surface area contributed by atoms with Crippen LogP contribution in [0.15, 0.2) is 58.2 Å². The van der Waals surface area contributed by atoms with Gasteiger partial charge in [0.25, 0.3) is 5.56 Å². The molecule has 4 heteroatoms. The second-order valence-electron chi connectivity index (χ2n) is 7.71. The Morgan fingerprint density at radius 3 is 2.74 bits per heavy atom. The van der Waals surface area contributed by atoms with E-state index in [-0.39, 0.29) is 5.56 Å². The molecule has 3 nitrogen and oxygen atoms in total. The number of aryl methyl sites for hydroxylation is 1. The smallest absolute Gasteiger partial charge is 0.251 e. The van der Waals surface area contributed by atoms with Crippen molar-refractivity contribution >= 4 is 22.7 Å². The lowest BCUT2D eigenvalue weighted by molar-refractivity contribution is 0.511. The lowest BCUT2D eigenvalue weighted by Gasteiger charge is -2.27. The van der Waals surface area contributed by atoms with E-state index >= 15 is 0 Å². The maximum atomic E-state index is 12.0. The fraction of sp³-hybridized carbons (Fsp3) is 0.304. The Hall–Kier alpha value is -2.51. The number of thioether (sulfide) groups is 1. The van der Waals surface area contributed by atoms with Gasteiger partial charge in [-0.3, -0.25) is 4.79 Å². The summed E-state index contributed by atoms with van der Waals surface area (Å²) < 4.78 is 0. The van der Waals surface area contributed by atoms with E-state index in [9.17, 15) is 10.1 Å². The van der Waals surface area contributed by atoms with Gasteiger partial charge in [-0.25, -0.2) is 0 Å². The molecule has 0 saturated carbocycles. The van der Waals surface area contributed by atoms with Gasteiger partial charge in [-0.05, 0) is 60.9 Å². The summed E-state index contributed by atoms with van der Waals surface area (Å²) in [5.41, 5.74) is 3.15. The minimum atomic E-state index is -0.607. The van der Waals surface area contributed by atoms with Crippen molar-refractivity contribution in [3.05, 3.63) is 75.6 Å². The third kappa shape index (κ3) is 3.07. The standard InChI is InChI=1S/C23H22N2OS/c1-14-10-16-8-9-17(11-19(16)25-22(14)26)23(3,13-24)12-21-15(2)18-6-4-5-7-20(18)27-21/h4-11,15,21H,12H2,1-3H3,(H,25,26). The summed E-state index contributed by atoms with van der Waals surface area (Å²) in [6.45, 7) is 6.07. The molecule has 0 fully saturated rings. The third-order valence-electron chi connectivity index (χ3n) is 5.77. The molecule has 3 atom stereocenters. The van der Waals surface area contributed by atoms with Crippen LogP contribution in [0.2, 0.25) is 0 Å². The number of aromatic amines is 1. The Morgan fingerprint density at radius 1 is 1.22 bits per heavy atom. The number of pyridine rings is 1. The molecule has 3 aromatic rings. The number of rotatable bonds is 3. The highest BCUT2D eigenvalue weighted by molar-refractivity contribution is 8.00. The number of benzene rings is 2. The van der Waals surface area contributed by atoms with Crippen LogP contribution in [0.4, 0.5) is 0 Å². The van der Waals surface area contributed by atoms with E-state index in [1.54, 1.807) is 0 Å². The molecule has 0 aliphatic carbocycles. The van der Waals surface area contributed by atoms with E-state index in [1.807, 2.05) is 49.9 Å². The summed E-state index contributed by atoms with van der Waals surface area (Å²) in [5, 5.41) is 11.4. The number of nitriles is 1. The summed E-state index contributed by atoms with van der Waals surface area (Å²) in [6.07, 6.45) is 0.769. The highest BCUT2D eigenvalue weighted by Crippen LogP contribution is 2.49. The number of nitrogens with one attached hydrogen (secondary N) is 1. The van der Waals surface area contributed by atoms with Crippen LogP contribution in [-0.2, 0) is 5.41 Å². The van der Waals surface area contributed by atoms with Gasteiger partial charge >= 0.3 is 0 Å². The van der Waals surface area contributed by atoms with Crippen molar-refractivity contribution in [3.63, 3.8) is 0 Å². The number of hydrogen-bond acceptors (Lipinski definition) is 3. The molecule has 1 aliphatic rings. The van der Waals surface area contributed by atoms with Crippen LogP contribution in [-0.4, -0.2) is 10.2 Å². The fourth-order valence-corrected chi connectivity index (χ4v) is 5.57. The molecule has 0 amide bonds. The number of nitrogens with zero attached hydrogens (tertiary/aromatic N) is 1. The van der Waals surface area contributed by atoms with Gasteiger partial charge < -0.3 is 4.98 Å². The normalized spacial score (nSPS) is 20.8. The monoisotopic (exact) mass is 374 g/mol. The first-order chi connectivity index (χ1) is 12.9. The lowest BCUT2D eigenvalue weighted by Crippen LogP contribution is -2.26. The van der Waals surface area contributed by atoms with Crippen molar-refractivity contribution < 1.29 is 0 Å². The van der Waals surface area contributed by atoms with Crippen molar-refractivity contribution in [1.82, 2.24) is 4.98 Å². The largest absolute Gasteiger partial charge is 0.322 e. The van der Waals surface area contributed by atoms with Crippen LogP contribution in [0.5, 0.6) is 0 Å². The van der Waals surface area contributed by atoms with Gasteiger partial charge in [0.1, 0.15) is 0 Å². The van der Waals surface area contributed by atoms with Gasteiger partial charge in [0, 0.05) is 21.2 Å². The molecule has 3 unspecified atom stereocenters. The van der Waals surface area contributed by atoms with Crippen LogP contribution in [0.25, 0.3) is 10.9 Å². The lowest BCUT2D eigenvalue weighted by atomic mass is 9.77. The molecular formula is C23H22N2OS. The topological polar surface area (TPSA) is 56.6 Å². The molecule has 0 bridgehead atoms. The molecule has 1 aromatic heterocycles. The van der Waals surface area contributed by atoms with Crippen LogP contribution >= 0.6 is 11.8 Å². The number of H-pyrrole nitrogens is 1. The van der Waals surface area contributed by atoms with Gasteiger partial charge in [-0.15, -0.1) is 11.8 Å². The maximum absolute atomic E-state index is 12.0. The highest BCUT2D eigenvalue weighted by Gasteiger charge is 2.37. The zero-order valence-electron chi connectivity index (χ0n) is 15.7. The average molecular weight is 375 g/mol. The number of fused-ring (bicyclic) bond motifs is 2. The van der Waals surface area contributed by atoms with Crippen LogP contribution in [0, 0.1) is 18.3 Å². The van der Waals surface area contributed by atoms with E-state index in [0.717, 1.165) is 22.9 Å².